The number of hydrogen-bond donors (Lipinski definition) is 2. The third kappa shape index (κ3) is 4.87. The van der Waals surface area contributed by atoms with Crippen molar-refractivity contribution in [2.45, 2.75) is 32.2 Å². The lowest BCUT2D eigenvalue weighted by Gasteiger charge is -2.40. The number of nitrogens with one attached hydrogen (secondary N) is 1. The van der Waals surface area contributed by atoms with Gasteiger partial charge in [0.2, 0.25) is 5.91 Å². The molecule has 1 aliphatic heterocycles. The molecule has 9 heteroatoms. The molecule has 172 valence electrons. The zero-order valence-electron chi connectivity index (χ0n) is 19.2. The summed E-state index contributed by atoms with van der Waals surface area (Å²) in [4.78, 5) is 41.5. The minimum absolute atomic E-state index is 0.0730. The number of piperidine rings is 1. The van der Waals surface area contributed by atoms with Gasteiger partial charge in [-0.2, -0.15) is 0 Å². The Hall–Kier alpha value is -3.75. The summed E-state index contributed by atoms with van der Waals surface area (Å²) in [5, 5.41) is 4.21. The lowest BCUT2D eigenvalue weighted by Crippen LogP contribution is -2.45. The van der Waals surface area contributed by atoms with Crippen LogP contribution in [0.2, 0.25) is 0 Å². The second-order valence-corrected chi connectivity index (χ2v) is 8.65. The van der Waals surface area contributed by atoms with Gasteiger partial charge in [-0.3, -0.25) is 14.6 Å². The number of nitrogens with two attached hydrogens (primary N) is 1. The molecule has 1 fully saturated rings. The predicted octanol–water partition coefficient (Wildman–Crippen LogP) is 2.95. The van der Waals surface area contributed by atoms with Gasteiger partial charge in [-0.25, -0.2) is 9.97 Å². The van der Waals surface area contributed by atoms with Gasteiger partial charge in [0.05, 0.1) is 11.7 Å². The summed E-state index contributed by atoms with van der Waals surface area (Å²) in [7, 11) is 3.56. The first-order chi connectivity index (χ1) is 15.8. The van der Waals surface area contributed by atoms with Crippen molar-refractivity contribution < 1.29 is 9.59 Å². The van der Waals surface area contributed by atoms with Gasteiger partial charge in [-0.15, -0.1) is 0 Å². The number of anilines is 3. The van der Waals surface area contributed by atoms with Crippen LogP contribution in [0.5, 0.6) is 0 Å². The van der Waals surface area contributed by atoms with Crippen molar-refractivity contribution in [3.05, 3.63) is 48.4 Å². The first kappa shape index (κ1) is 22.4. The molecule has 2 aromatic heterocycles. The quantitative estimate of drug-likeness (QED) is 0.596. The Morgan fingerprint density at radius 2 is 2.06 bits per heavy atom. The topological polar surface area (TPSA) is 117 Å². The molecule has 0 saturated carbocycles. The fourth-order valence-corrected chi connectivity index (χ4v) is 4.29. The Morgan fingerprint density at radius 1 is 1.24 bits per heavy atom. The van der Waals surface area contributed by atoms with E-state index in [1.165, 1.54) is 0 Å². The number of carbonyl (C=O) groups excluding carboxylic acids is 2. The van der Waals surface area contributed by atoms with Gasteiger partial charge < -0.3 is 20.9 Å². The third-order valence-corrected chi connectivity index (χ3v) is 6.24. The van der Waals surface area contributed by atoms with Crippen LogP contribution in [0.1, 0.15) is 36.7 Å². The minimum Gasteiger partial charge on any atom is -0.364 e. The largest absolute Gasteiger partial charge is 0.364 e. The van der Waals surface area contributed by atoms with Gasteiger partial charge in [-0.05, 0) is 43.9 Å². The monoisotopic (exact) mass is 447 g/mol. The maximum Gasteiger partial charge on any atom is 0.271 e. The van der Waals surface area contributed by atoms with Crippen molar-refractivity contribution in [2.75, 3.05) is 30.9 Å². The lowest BCUT2D eigenvalue weighted by atomic mass is 9.87. The van der Waals surface area contributed by atoms with Crippen molar-refractivity contribution in [3.8, 4) is 0 Å². The molecule has 1 aromatic carbocycles. The predicted molar refractivity (Wildman–Crippen MR) is 128 cm³/mol. The van der Waals surface area contributed by atoms with E-state index in [4.69, 9.17) is 10.7 Å². The number of nitrogens with zero attached hydrogens (tertiary/aromatic N) is 5. The number of aromatic nitrogens is 3. The van der Waals surface area contributed by atoms with Crippen molar-refractivity contribution in [2.24, 2.45) is 11.7 Å². The van der Waals surface area contributed by atoms with Crippen molar-refractivity contribution >= 4 is 40.0 Å². The van der Waals surface area contributed by atoms with Gasteiger partial charge in [0, 0.05) is 50.4 Å². The average molecular weight is 448 g/mol. The van der Waals surface area contributed by atoms with Gasteiger partial charge in [0.1, 0.15) is 5.82 Å². The molecule has 0 radical (unpaired) electrons. The minimum atomic E-state index is -0.656. The van der Waals surface area contributed by atoms with E-state index < -0.39 is 5.91 Å². The number of carbonyl (C=O) groups is 2. The smallest absolute Gasteiger partial charge is 0.271 e. The molecule has 33 heavy (non-hydrogen) atoms. The maximum atomic E-state index is 12.3. The summed E-state index contributed by atoms with van der Waals surface area (Å²) in [6, 6.07) is 9.71. The Labute approximate surface area is 193 Å². The van der Waals surface area contributed by atoms with Crippen LogP contribution >= 0.6 is 0 Å². The average Bonchev–Trinajstić information content (AvgIpc) is 2.80. The van der Waals surface area contributed by atoms with E-state index in [2.05, 4.69) is 27.1 Å². The van der Waals surface area contributed by atoms with Crippen LogP contribution in [0.3, 0.4) is 0 Å². The summed E-state index contributed by atoms with van der Waals surface area (Å²) in [6.07, 6.45) is 5.75. The zero-order valence-corrected chi connectivity index (χ0v) is 19.2. The Balaban J connectivity index is 1.62. The molecular weight excluding hydrogens is 418 g/mol. The molecule has 3 aromatic rings. The van der Waals surface area contributed by atoms with E-state index in [9.17, 15) is 9.59 Å². The van der Waals surface area contributed by atoms with Crippen LogP contribution in [-0.4, -0.2) is 58.3 Å². The fourth-order valence-electron chi connectivity index (χ4n) is 4.29. The Kier molecular flexibility index (Phi) is 6.39. The van der Waals surface area contributed by atoms with Gasteiger partial charge >= 0.3 is 0 Å². The second kappa shape index (κ2) is 9.40. The van der Waals surface area contributed by atoms with Gasteiger partial charge in [-0.1, -0.05) is 12.1 Å². The first-order valence-corrected chi connectivity index (χ1v) is 11.1. The molecule has 9 nitrogen and oxygen atoms in total. The summed E-state index contributed by atoms with van der Waals surface area (Å²) in [5.41, 5.74) is 7.20. The summed E-state index contributed by atoms with van der Waals surface area (Å²) in [6.45, 7) is 2.91. The highest BCUT2D eigenvalue weighted by atomic mass is 16.2. The van der Waals surface area contributed by atoms with Crippen LogP contribution in [0.15, 0.2) is 42.7 Å². The summed E-state index contributed by atoms with van der Waals surface area (Å²) >= 11 is 0. The van der Waals surface area contributed by atoms with Crippen LogP contribution in [0.4, 0.5) is 17.3 Å². The number of primary amides is 1. The molecule has 0 aliphatic carbocycles. The van der Waals surface area contributed by atoms with E-state index in [1.807, 2.05) is 30.3 Å². The number of pyridine rings is 1. The molecule has 1 saturated heterocycles. The highest BCUT2D eigenvalue weighted by Gasteiger charge is 2.31. The number of fused-ring (bicyclic) bond motifs is 1. The first-order valence-electron chi connectivity index (χ1n) is 11.1. The van der Waals surface area contributed by atoms with E-state index in [-0.39, 0.29) is 23.6 Å². The zero-order chi connectivity index (χ0) is 23.5. The molecule has 4 rings (SSSR count). The lowest BCUT2D eigenvalue weighted by molar-refractivity contribution is -0.130. The second-order valence-electron chi connectivity index (χ2n) is 8.65. The molecule has 1 aliphatic rings. The number of benzene rings is 1. The van der Waals surface area contributed by atoms with E-state index >= 15 is 0 Å². The SMILES string of the molecule is C[C@@H]1[C@H](CC(=O)N(C)C)CCCN1c1cnc(C(N)=O)c(Nc2ccc3cccnc3c2)n1. The summed E-state index contributed by atoms with van der Waals surface area (Å²) in [5.74, 6) is 0.631. The molecule has 0 bridgehead atoms. The molecule has 3 heterocycles. The molecular formula is C24H29N7O2. The van der Waals surface area contributed by atoms with Crippen molar-refractivity contribution in [1.82, 2.24) is 19.9 Å². The number of amides is 2. The van der Waals surface area contributed by atoms with E-state index in [0.29, 0.717) is 18.1 Å². The molecule has 0 spiro atoms. The van der Waals surface area contributed by atoms with Crippen LogP contribution < -0.4 is 16.0 Å². The van der Waals surface area contributed by atoms with Gasteiger partial charge in [0.15, 0.2) is 11.5 Å². The van der Waals surface area contributed by atoms with E-state index in [0.717, 1.165) is 36.0 Å². The van der Waals surface area contributed by atoms with Gasteiger partial charge in [0.25, 0.3) is 5.91 Å². The van der Waals surface area contributed by atoms with Crippen molar-refractivity contribution in [3.63, 3.8) is 0 Å². The molecule has 0 unspecified atom stereocenters. The third-order valence-electron chi connectivity index (χ3n) is 6.24. The molecule has 2 atom stereocenters. The standard InChI is InChI=1S/C24H29N7O2/c1-15-17(12-21(32)30(2)3)7-5-11-31(15)20-14-27-22(23(25)33)24(29-20)28-18-9-8-16-6-4-10-26-19(16)13-18/h4,6,8-10,13-15,17H,5,7,11-12H2,1-3H3,(H2,25,33)(H,28,29)/t15-,17+/m1/s1. The van der Waals surface area contributed by atoms with Crippen LogP contribution in [0, 0.1) is 5.92 Å². The fraction of sp³-hybridized carbons (Fsp3) is 0.375. The van der Waals surface area contributed by atoms with E-state index in [1.54, 1.807) is 31.4 Å². The highest BCUT2D eigenvalue weighted by Crippen LogP contribution is 2.31. The normalized spacial score (nSPS) is 18.2. The van der Waals surface area contributed by atoms with Crippen molar-refractivity contribution in [1.29, 1.82) is 0 Å². The number of hydrogen-bond acceptors (Lipinski definition) is 7. The molecule has 3 N–H and O–H groups in total. The van der Waals surface area contributed by atoms with Crippen LogP contribution in [0.25, 0.3) is 10.9 Å². The number of rotatable bonds is 6. The highest BCUT2D eigenvalue weighted by molar-refractivity contribution is 5.96. The molecule has 2 amide bonds. The van der Waals surface area contributed by atoms with Crippen LogP contribution in [-0.2, 0) is 4.79 Å². The summed E-state index contributed by atoms with van der Waals surface area (Å²) < 4.78 is 0. The maximum absolute atomic E-state index is 12.3. The Bertz CT molecular complexity index is 1180. The Morgan fingerprint density at radius 3 is 2.82 bits per heavy atom.